The van der Waals surface area contributed by atoms with Gasteiger partial charge in [0, 0.05) is 5.56 Å². The molecule has 0 heterocycles. The molecule has 0 nitrogen and oxygen atoms in total. The molecule has 5 heteroatoms. The maximum Gasteiger partial charge on any atom is 0.419 e. The molecule has 0 aromatic heterocycles. The molecule has 4 aromatic rings. The zero-order valence-corrected chi connectivity index (χ0v) is 17.0. The van der Waals surface area contributed by atoms with Gasteiger partial charge >= 0.3 is 6.18 Å². The lowest BCUT2D eigenvalue weighted by Crippen LogP contribution is -2.07. The second-order valence-corrected chi connectivity index (χ2v) is 7.82. The van der Waals surface area contributed by atoms with E-state index in [9.17, 15) is 22.0 Å². The third-order valence-corrected chi connectivity index (χ3v) is 5.64. The van der Waals surface area contributed by atoms with E-state index in [1.807, 2.05) is 18.2 Å². The Hall–Kier alpha value is -2.95. The average Bonchev–Trinajstić information content (AvgIpc) is 2.72. The van der Waals surface area contributed by atoms with Gasteiger partial charge in [0.1, 0.15) is 11.6 Å². The highest BCUT2D eigenvalue weighted by atomic mass is 19.4. The summed E-state index contributed by atoms with van der Waals surface area (Å²) in [5, 5.41) is 3.36. The summed E-state index contributed by atoms with van der Waals surface area (Å²) in [6.45, 7) is 2.16. The van der Waals surface area contributed by atoms with Crippen LogP contribution in [0, 0.1) is 11.6 Å². The molecule has 0 saturated carbocycles. The molecule has 0 N–H and O–H groups in total. The third-order valence-electron chi connectivity index (χ3n) is 5.64. The monoisotopic (exact) mass is 428 g/mol. The van der Waals surface area contributed by atoms with E-state index in [1.165, 1.54) is 18.1 Å². The summed E-state index contributed by atoms with van der Waals surface area (Å²) >= 11 is 0. The SMILES string of the molecule is CCCCCc1ccc2c(ccc3cc(-c4ccc(C(F)(F)F)c(F)c4)c(F)cc32)c1. The topological polar surface area (TPSA) is 0 Å². The summed E-state index contributed by atoms with van der Waals surface area (Å²) < 4.78 is 67.4. The van der Waals surface area contributed by atoms with Crippen molar-refractivity contribution in [1.29, 1.82) is 0 Å². The van der Waals surface area contributed by atoms with Gasteiger partial charge in [-0.05, 0) is 69.8 Å². The van der Waals surface area contributed by atoms with Gasteiger partial charge in [-0.1, -0.05) is 56.2 Å². The van der Waals surface area contributed by atoms with Crippen LogP contribution in [-0.2, 0) is 12.6 Å². The van der Waals surface area contributed by atoms with Gasteiger partial charge in [0.2, 0.25) is 0 Å². The lowest BCUT2D eigenvalue weighted by Gasteiger charge is -2.12. The van der Waals surface area contributed by atoms with Gasteiger partial charge in [-0.3, -0.25) is 0 Å². The molecule has 4 aromatic carbocycles. The number of alkyl halides is 3. The van der Waals surface area contributed by atoms with E-state index in [2.05, 4.69) is 19.1 Å². The first-order chi connectivity index (χ1) is 14.8. The molecular formula is C26H21F5. The van der Waals surface area contributed by atoms with Crippen LogP contribution >= 0.6 is 0 Å². The lowest BCUT2D eigenvalue weighted by atomic mass is 9.95. The van der Waals surface area contributed by atoms with E-state index in [1.54, 1.807) is 6.07 Å². The highest BCUT2D eigenvalue weighted by molar-refractivity contribution is 6.08. The second kappa shape index (κ2) is 8.29. The molecule has 4 rings (SSSR count). The summed E-state index contributed by atoms with van der Waals surface area (Å²) in [4.78, 5) is 0. The van der Waals surface area contributed by atoms with Crippen molar-refractivity contribution in [2.75, 3.05) is 0 Å². The molecule has 31 heavy (non-hydrogen) atoms. The first kappa shape index (κ1) is 21.3. The van der Waals surface area contributed by atoms with Crippen molar-refractivity contribution in [3.63, 3.8) is 0 Å². The fourth-order valence-corrected chi connectivity index (χ4v) is 4.00. The minimum Gasteiger partial charge on any atom is -0.206 e. The zero-order chi connectivity index (χ0) is 22.2. The van der Waals surface area contributed by atoms with E-state index in [0.717, 1.165) is 47.6 Å². The summed E-state index contributed by atoms with van der Waals surface area (Å²) in [5.74, 6) is -2.02. The van der Waals surface area contributed by atoms with Crippen molar-refractivity contribution < 1.29 is 22.0 Å². The van der Waals surface area contributed by atoms with Crippen LogP contribution in [0.2, 0.25) is 0 Å². The molecule has 0 spiro atoms. The average molecular weight is 428 g/mol. The van der Waals surface area contributed by atoms with E-state index >= 15 is 0 Å². The van der Waals surface area contributed by atoms with Crippen LogP contribution in [0.4, 0.5) is 22.0 Å². The van der Waals surface area contributed by atoms with E-state index in [-0.39, 0.29) is 11.1 Å². The van der Waals surface area contributed by atoms with Crippen molar-refractivity contribution in [2.24, 2.45) is 0 Å². The van der Waals surface area contributed by atoms with Crippen LogP contribution in [0.3, 0.4) is 0 Å². The molecule has 0 saturated heterocycles. The van der Waals surface area contributed by atoms with Crippen molar-refractivity contribution in [1.82, 2.24) is 0 Å². The smallest absolute Gasteiger partial charge is 0.206 e. The number of fused-ring (bicyclic) bond motifs is 3. The normalized spacial score (nSPS) is 12.1. The number of unbranched alkanes of at least 4 members (excludes halogenated alkanes) is 2. The van der Waals surface area contributed by atoms with Gasteiger partial charge in [-0.25, -0.2) is 8.78 Å². The molecule has 0 aliphatic heterocycles. The zero-order valence-electron chi connectivity index (χ0n) is 17.0. The van der Waals surface area contributed by atoms with E-state index in [0.29, 0.717) is 11.5 Å². The quantitative estimate of drug-likeness (QED) is 0.169. The second-order valence-electron chi connectivity index (χ2n) is 7.82. The summed E-state index contributed by atoms with van der Waals surface area (Å²) in [7, 11) is 0. The standard InChI is InChI=1S/C26H21F5/c1-2-3-4-5-16-6-10-20-17(12-16)7-8-18-13-22(24(27)15-21(18)20)19-9-11-23(25(28)14-19)26(29,30)31/h6-15H,2-5H2,1H3. The number of rotatable bonds is 5. The minimum absolute atomic E-state index is 0.0654. The van der Waals surface area contributed by atoms with Crippen LogP contribution in [0.15, 0.2) is 60.7 Å². The van der Waals surface area contributed by atoms with Crippen LogP contribution < -0.4 is 0 Å². The number of aryl methyl sites for hydroxylation is 1. The van der Waals surface area contributed by atoms with Gasteiger partial charge < -0.3 is 0 Å². The Morgan fingerprint density at radius 1 is 0.710 bits per heavy atom. The highest BCUT2D eigenvalue weighted by Gasteiger charge is 2.34. The molecule has 0 aliphatic rings. The van der Waals surface area contributed by atoms with Crippen LogP contribution in [0.1, 0.15) is 37.3 Å². The fourth-order valence-electron chi connectivity index (χ4n) is 4.00. The van der Waals surface area contributed by atoms with Crippen molar-refractivity contribution in [3.8, 4) is 11.1 Å². The van der Waals surface area contributed by atoms with Crippen molar-refractivity contribution in [2.45, 2.75) is 38.8 Å². The maximum atomic E-state index is 14.9. The van der Waals surface area contributed by atoms with Gasteiger partial charge in [-0.2, -0.15) is 13.2 Å². The van der Waals surface area contributed by atoms with Crippen molar-refractivity contribution in [3.05, 3.63) is 83.4 Å². The first-order valence-corrected chi connectivity index (χ1v) is 10.3. The molecule has 0 aliphatic carbocycles. The fraction of sp³-hybridized carbons (Fsp3) is 0.231. The third kappa shape index (κ3) is 4.27. The van der Waals surface area contributed by atoms with Gasteiger partial charge in [-0.15, -0.1) is 0 Å². The van der Waals surface area contributed by atoms with Crippen LogP contribution in [0.5, 0.6) is 0 Å². The molecule has 0 bridgehead atoms. The Morgan fingerprint density at radius 2 is 1.45 bits per heavy atom. The highest BCUT2D eigenvalue weighted by Crippen LogP contribution is 2.36. The molecule has 0 unspecified atom stereocenters. The summed E-state index contributed by atoms with van der Waals surface area (Å²) in [5.41, 5.74) is 0.00253. The van der Waals surface area contributed by atoms with E-state index < -0.39 is 23.4 Å². The molecule has 160 valence electrons. The molecule has 0 amide bonds. The summed E-state index contributed by atoms with van der Waals surface area (Å²) in [6, 6.07) is 15.4. The predicted octanol–water partition coefficient (Wildman–Crippen LogP) is 8.69. The van der Waals surface area contributed by atoms with Crippen molar-refractivity contribution >= 4 is 21.5 Å². The first-order valence-electron chi connectivity index (χ1n) is 10.3. The number of benzene rings is 4. The lowest BCUT2D eigenvalue weighted by molar-refractivity contribution is -0.139. The Bertz CT molecular complexity index is 1250. The predicted molar refractivity (Wildman–Crippen MR) is 115 cm³/mol. The minimum atomic E-state index is -4.79. The Kier molecular flexibility index (Phi) is 5.69. The van der Waals surface area contributed by atoms with Gasteiger partial charge in [0.25, 0.3) is 0 Å². The number of hydrogen-bond acceptors (Lipinski definition) is 0. The Labute approximate surface area is 177 Å². The maximum absolute atomic E-state index is 14.9. The molecule has 0 atom stereocenters. The number of halogens is 5. The summed E-state index contributed by atoms with van der Waals surface area (Å²) in [6.07, 6.45) is -0.346. The van der Waals surface area contributed by atoms with Gasteiger partial charge in [0.05, 0.1) is 5.56 Å². The Morgan fingerprint density at radius 3 is 2.13 bits per heavy atom. The van der Waals surface area contributed by atoms with E-state index in [4.69, 9.17) is 0 Å². The number of hydrogen-bond donors (Lipinski definition) is 0. The Balaban J connectivity index is 1.76. The van der Waals surface area contributed by atoms with Crippen LogP contribution in [0.25, 0.3) is 32.7 Å². The molecular weight excluding hydrogens is 407 g/mol. The largest absolute Gasteiger partial charge is 0.419 e. The van der Waals surface area contributed by atoms with Crippen LogP contribution in [-0.4, -0.2) is 0 Å². The molecule has 0 radical (unpaired) electrons. The molecule has 0 fully saturated rings. The van der Waals surface area contributed by atoms with Gasteiger partial charge in [0.15, 0.2) is 0 Å².